The maximum absolute atomic E-state index is 11.9. The number of halogens is 2. The van der Waals surface area contributed by atoms with Crippen molar-refractivity contribution >= 4 is 46.4 Å². The first-order valence-corrected chi connectivity index (χ1v) is 9.40. The molecule has 0 aromatic heterocycles. The van der Waals surface area contributed by atoms with E-state index < -0.39 is 0 Å². The van der Waals surface area contributed by atoms with Gasteiger partial charge in [0.25, 0.3) is 0 Å². The van der Waals surface area contributed by atoms with Crippen molar-refractivity contribution in [2.45, 2.75) is 19.3 Å². The summed E-state index contributed by atoms with van der Waals surface area (Å²) in [5.74, 6) is 0.405. The Labute approximate surface area is 168 Å². The number of ether oxygens (including phenoxy) is 1. The average Bonchev–Trinajstić information content (AvgIpc) is 2.61. The van der Waals surface area contributed by atoms with E-state index >= 15 is 0 Å². The van der Waals surface area contributed by atoms with E-state index in [1.807, 2.05) is 18.2 Å². The molecule has 0 unspecified atom stereocenters. The van der Waals surface area contributed by atoms with Crippen LogP contribution in [-0.2, 0) is 11.2 Å². The number of hydrogen-bond donors (Lipinski definition) is 2. The number of carbonyl (C=O) groups is 1. The highest BCUT2D eigenvalue weighted by atomic mass is 35.5. The highest BCUT2D eigenvalue weighted by Crippen LogP contribution is 2.27. The monoisotopic (exact) mass is 410 g/mol. The van der Waals surface area contributed by atoms with Gasteiger partial charge in [-0.15, -0.1) is 0 Å². The highest BCUT2D eigenvalue weighted by molar-refractivity contribution is 7.80. The second-order valence-electron chi connectivity index (χ2n) is 5.57. The molecule has 0 atom stereocenters. The van der Waals surface area contributed by atoms with Crippen molar-refractivity contribution < 1.29 is 9.53 Å². The Bertz CT molecular complexity index is 742. The molecule has 26 heavy (non-hydrogen) atoms. The van der Waals surface area contributed by atoms with Gasteiger partial charge in [-0.3, -0.25) is 4.79 Å². The largest absolute Gasteiger partial charge is 0.492 e. The molecule has 0 aliphatic carbocycles. The van der Waals surface area contributed by atoms with Crippen molar-refractivity contribution in [1.29, 1.82) is 0 Å². The Kier molecular flexibility index (Phi) is 8.68. The third-order valence-electron chi connectivity index (χ3n) is 3.49. The lowest BCUT2D eigenvalue weighted by molar-refractivity contribution is -0.119. The summed E-state index contributed by atoms with van der Waals surface area (Å²) >= 11 is 17.0. The lowest BCUT2D eigenvalue weighted by Gasteiger charge is -2.10. The SMILES string of the molecule is O=C(CCCOc1ccc(Cl)cc1Cl)NC(=S)NCCc1ccccc1. The van der Waals surface area contributed by atoms with E-state index in [2.05, 4.69) is 22.8 Å². The predicted molar refractivity (Wildman–Crippen MR) is 110 cm³/mol. The molecule has 7 heteroatoms. The molecule has 2 aromatic rings. The Hall–Kier alpha value is -1.82. The normalized spacial score (nSPS) is 10.2. The van der Waals surface area contributed by atoms with Crippen LogP contribution in [-0.4, -0.2) is 24.2 Å². The van der Waals surface area contributed by atoms with Gasteiger partial charge in [-0.2, -0.15) is 0 Å². The molecule has 0 bridgehead atoms. The molecule has 0 aliphatic rings. The van der Waals surface area contributed by atoms with Crippen molar-refractivity contribution in [3.05, 3.63) is 64.1 Å². The van der Waals surface area contributed by atoms with E-state index in [4.69, 9.17) is 40.2 Å². The molecule has 0 radical (unpaired) electrons. The van der Waals surface area contributed by atoms with Crippen LogP contribution in [0.5, 0.6) is 5.75 Å². The predicted octanol–water partition coefficient (Wildman–Crippen LogP) is 4.39. The van der Waals surface area contributed by atoms with E-state index in [0.29, 0.717) is 46.9 Å². The smallest absolute Gasteiger partial charge is 0.226 e. The Balaban J connectivity index is 1.58. The van der Waals surface area contributed by atoms with Gasteiger partial charge >= 0.3 is 0 Å². The fourth-order valence-corrected chi connectivity index (χ4v) is 2.88. The third-order valence-corrected chi connectivity index (χ3v) is 4.27. The zero-order chi connectivity index (χ0) is 18.8. The van der Waals surface area contributed by atoms with Crippen LogP contribution in [0.15, 0.2) is 48.5 Å². The van der Waals surface area contributed by atoms with Crippen molar-refractivity contribution in [3.8, 4) is 5.75 Å². The molecule has 4 nitrogen and oxygen atoms in total. The maximum Gasteiger partial charge on any atom is 0.226 e. The quantitative estimate of drug-likeness (QED) is 0.500. The summed E-state index contributed by atoms with van der Waals surface area (Å²) in [6.45, 7) is 1.05. The van der Waals surface area contributed by atoms with Gasteiger partial charge in [0, 0.05) is 18.0 Å². The second-order valence-corrected chi connectivity index (χ2v) is 6.82. The molecular formula is C19H20Cl2N2O2S. The first-order valence-electron chi connectivity index (χ1n) is 8.24. The van der Waals surface area contributed by atoms with Crippen LogP contribution in [0, 0.1) is 0 Å². The summed E-state index contributed by atoms with van der Waals surface area (Å²) in [6.07, 6.45) is 1.70. The van der Waals surface area contributed by atoms with E-state index in [0.717, 1.165) is 6.42 Å². The van der Waals surface area contributed by atoms with Crippen LogP contribution in [0.3, 0.4) is 0 Å². The van der Waals surface area contributed by atoms with Crippen LogP contribution in [0.2, 0.25) is 10.0 Å². The topological polar surface area (TPSA) is 50.4 Å². The number of benzene rings is 2. The van der Waals surface area contributed by atoms with E-state index in [1.54, 1.807) is 18.2 Å². The molecule has 2 rings (SSSR count). The average molecular weight is 411 g/mol. The number of carbonyl (C=O) groups excluding carboxylic acids is 1. The van der Waals surface area contributed by atoms with Gasteiger partial charge in [-0.25, -0.2) is 0 Å². The number of rotatable bonds is 8. The van der Waals surface area contributed by atoms with E-state index in [-0.39, 0.29) is 5.91 Å². The molecule has 2 aromatic carbocycles. The van der Waals surface area contributed by atoms with Crippen molar-refractivity contribution in [1.82, 2.24) is 10.6 Å². The standard InChI is InChI=1S/C19H20Cl2N2O2S/c20-15-8-9-17(16(21)13-15)25-12-4-7-18(24)23-19(26)22-11-10-14-5-2-1-3-6-14/h1-3,5-6,8-9,13H,4,7,10-12H2,(H2,22,23,24,26). The fourth-order valence-electron chi connectivity index (χ4n) is 2.21. The Morgan fingerprint density at radius 2 is 1.88 bits per heavy atom. The Morgan fingerprint density at radius 1 is 1.12 bits per heavy atom. The zero-order valence-corrected chi connectivity index (χ0v) is 16.5. The lowest BCUT2D eigenvalue weighted by Crippen LogP contribution is -2.40. The molecule has 1 amide bonds. The first kappa shape index (κ1) is 20.5. The van der Waals surface area contributed by atoms with Gasteiger partial charge in [-0.1, -0.05) is 53.5 Å². The summed E-state index contributed by atoms with van der Waals surface area (Å²) in [4.78, 5) is 11.9. The van der Waals surface area contributed by atoms with Crippen LogP contribution >= 0.6 is 35.4 Å². The van der Waals surface area contributed by atoms with Crippen molar-refractivity contribution in [2.24, 2.45) is 0 Å². The summed E-state index contributed by atoms with van der Waals surface area (Å²) in [7, 11) is 0. The number of hydrogen-bond acceptors (Lipinski definition) is 3. The van der Waals surface area contributed by atoms with Crippen LogP contribution in [0.1, 0.15) is 18.4 Å². The number of thiocarbonyl (C=S) groups is 1. The number of nitrogens with one attached hydrogen (secondary N) is 2. The first-order chi connectivity index (χ1) is 12.5. The van der Waals surface area contributed by atoms with Gasteiger partial charge in [0.2, 0.25) is 5.91 Å². The molecule has 0 heterocycles. The number of amides is 1. The molecule has 0 saturated carbocycles. The molecule has 2 N–H and O–H groups in total. The maximum atomic E-state index is 11.9. The molecule has 138 valence electrons. The van der Waals surface area contributed by atoms with Gasteiger partial charge in [0.15, 0.2) is 5.11 Å². The highest BCUT2D eigenvalue weighted by Gasteiger charge is 2.06. The summed E-state index contributed by atoms with van der Waals surface area (Å²) in [6, 6.07) is 15.1. The minimum atomic E-state index is -0.145. The lowest BCUT2D eigenvalue weighted by atomic mass is 10.1. The molecular weight excluding hydrogens is 391 g/mol. The molecule has 0 spiro atoms. The second kappa shape index (κ2) is 11.0. The van der Waals surface area contributed by atoms with Gasteiger partial charge in [0.05, 0.1) is 11.6 Å². The van der Waals surface area contributed by atoms with Gasteiger partial charge in [0.1, 0.15) is 5.75 Å². The summed E-state index contributed by atoms with van der Waals surface area (Å²) < 4.78 is 5.54. The third kappa shape index (κ3) is 7.60. The van der Waals surface area contributed by atoms with E-state index in [9.17, 15) is 4.79 Å². The van der Waals surface area contributed by atoms with Crippen LogP contribution in [0.4, 0.5) is 0 Å². The minimum Gasteiger partial charge on any atom is -0.492 e. The summed E-state index contributed by atoms with van der Waals surface area (Å²) in [5.41, 5.74) is 1.21. The van der Waals surface area contributed by atoms with Gasteiger partial charge in [-0.05, 0) is 48.8 Å². The summed E-state index contributed by atoms with van der Waals surface area (Å²) in [5, 5.41) is 7.04. The zero-order valence-electron chi connectivity index (χ0n) is 14.1. The van der Waals surface area contributed by atoms with Crippen molar-refractivity contribution in [2.75, 3.05) is 13.2 Å². The Morgan fingerprint density at radius 3 is 2.62 bits per heavy atom. The molecule has 0 aliphatic heterocycles. The van der Waals surface area contributed by atoms with Crippen LogP contribution < -0.4 is 15.4 Å². The van der Waals surface area contributed by atoms with Crippen LogP contribution in [0.25, 0.3) is 0 Å². The molecule has 0 fully saturated rings. The van der Waals surface area contributed by atoms with Crippen molar-refractivity contribution in [3.63, 3.8) is 0 Å². The van der Waals surface area contributed by atoms with Gasteiger partial charge < -0.3 is 15.4 Å². The van der Waals surface area contributed by atoms with E-state index in [1.165, 1.54) is 5.56 Å². The minimum absolute atomic E-state index is 0.145. The fraction of sp³-hybridized carbons (Fsp3) is 0.263. The molecule has 0 saturated heterocycles.